The maximum absolute atomic E-state index is 12.8. The number of hydrogen-bond donors (Lipinski definition) is 2. The summed E-state index contributed by atoms with van der Waals surface area (Å²) in [7, 11) is 0. The number of nitrogens with zero attached hydrogens (tertiary/aromatic N) is 2. The van der Waals surface area contributed by atoms with Gasteiger partial charge in [0.25, 0.3) is 5.91 Å². The number of hydrogen-bond acceptors (Lipinski definition) is 3. The highest BCUT2D eigenvalue weighted by Crippen LogP contribution is 2.46. The van der Waals surface area contributed by atoms with Gasteiger partial charge in [-0.05, 0) is 37.2 Å². The van der Waals surface area contributed by atoms with Crippen LogP contribution in [0.3, 0.4) is 0 Å². The van der Waals surface area contributed by atoms with Gasteiger partial charge < -0.3 is 10.0 Å². The minimum absolute atomic E-state index is 0.0249. The summed E-state index contributed by atoms with van der Waals surface area (Å²) in [5, 5.41) is 17.2. The van der Waals surface area contributed by atoms with Gasteiger partial charge in [0.15, 0.2) is 0 Å². The van der Waals surface area contributed by atoms with Gasteiger partial charge in [0.05, 0.1) is 6.10 Å². The fraction of sp³-hybridized carbons (Fsp3) is 0.765. The third-order valence-electron chi connectivity index (χ3n) is 5.45. The lowest BCUT2D eigenvalue weighted by Gasteiger charge is -2.41. The molecule has 1 saturated carbocycles. The summed E-state index contributed by atoms with van der Waals surface area (Å²) in [5.74, 6) is 0.0249. The minimum Gasteiger partial charge on any atom is -0.393 e. The molecule has 0 bridgehead atoms. The third-order valence-corrected chi connectivity index (χ3v) is 5.45. The molecule has 3 rings (SSSR count). The van der Waals surface area contributed by atoms with Gasteiger partial charge in [0.2, 0.25) is 0 Å². The number of amides is 1. The van der Waals surface area contributed by atoms with Gasteiger partial charge >= 0.3 is 0 Å². The Morgan fingerprint density at radius 2 is 2.18 bits per heavy atom. The average molecular weight is 305 g/mol. The van der Waals surface area contributed by atoms with Gasteiger partial charge in [0.1, 0.15) is 5.69 Å². The Labute approximate surface area is 132 Å². The van der Waals surface area contributed by atoms with Gasteiger partial charge in [-0.2, -0.15) is 5.10 Å². The SMILES string of the molecule is CC(C)(C)c1cc(C(=O)N2CC[C@@]3(C)C[C@H](O)CC[C@@H]23)n[nH]1. The Bertz CT molecular complexity index is 575. The first-order valence-electron chi connectivity index (χ1n) is 8.26. The van der Waals surface area contributed by atoms with E-state index >= 15 is 0 Å². The van der Waals surface area contributed by atoms with Gasteiger partial charge in [0, 0.05) is 23.7 Å². The van der Waals surface area contributed by atoms with E-state index in [0.717, 1.165) is 37.9 Å². The summed E-state index contributed by atoms with van der Waals surface area (Å²) < 4.78 is 0. The fourth-order valence-electron chi connectivity index (χ4n) is 4.01. The molecule has 3 atom stereocenters. The number of carbonyl (C=O) groups is 1. The van der Waals surface area contributed by atoms with Crippen molar-refractivity contribution in [2.24, 2.45) is 5.41 Å². The number of aliphatic hydroxyl groups is 1. The maximum atomic E-state index is 12.8. The van der Waals surface area contributed by atoms with Crippen LogP contribution in [0.1, 0.15) is 69.6 Å². The molecule has 0 unspecified atom stereocenters. The molecule has 1 saturated heterocycles. The van der Waals surface area contributed by atoms with Gasteiger partial charge in [-0.3, -0.25) is 9.89 Å². The first-order valence-corrected chi connectivity index (χ1v) is 8.26. The van der Waals surface area contributed by atoms with Gasteiger partial charge in [-0.1, -0.05) is 27.7 Å². The summed E-state index contributed by atoms with van der Waals surface area (Å²) in [5.41, 5.74) is 1.51. The Morgan fingerprint density at radius 3 is 2.82 bits per heavy atom. The number of H-pyrrole nitrogens is 1. The summed E-state index contributed by atoms with van der Waals surface area (Å²) in [6.45, 7) is 9.28. The highest BCUT2D eigenvalue weighted by atomic mass is 16.3. The number of fused-ring (bicyclic) bond motifs is 1. The highest BCUT2D eigenvalue weighted by Gasteiger charge is 2.49. The molecule has 1 aliphatic carbocycles. The molecule has 2 N–H and O–H groups in total. The minimum atomic E-state index is -0.214. The molecule has 122 valence electrons. The normalized spacial score (nSPS) is 32.1. The van der Waals surface area contributed by atoms with Crippen LogP contribution in [0.5, 0.6) is 0 Å². The molecule has 22 heavy (non-hydrogen) atoms. The van der Waals surface area contributed by atoms with Crippen molar-refractivity contribution in [1.29, 1.82) is 0 Å². The number of aliphatic hydroxyl groups excluding tert-OH is 1. The fourth-order valence-corrected chi connectivity index (χ4v) is 4.01. The van der Waals surface area contributed by atoms with E-state index < -0.39 is 0 Å². The van der Waals surface area contributed by atoms with Crippen molar-refractivity contribution < 1.29 is 9.90 Å². The van der Waals surface area contributed by atoms with E-state index in [1.165, 1.54) is 0 Å². The molecule has 0 radical (unpaired) electrons. The second-order valence-corrected chi connectivity index (χ2v) is 8.27. The number of nitrogens with one attached hydrogen (secondary N) is 1. The van der Waals surface area contributed by atoms with Crippen molar-refractivity contribution in [3.63, 3.8) is 0 Å². The molecular weight excluding hydrogens is 278 g/mol. The van der Waals surface area contributed by atoms with Crippen molar-refractivity contribution in [1.82, 2.24) is 15.1 Å². The monoisotopic (exact) mass is 305 g/mol. The summed E-state index contributed by atoms with van der Waals surface area (Å²) in [6.07, 6.45) is 3.23. The summed E-state index contributed by atoms with van der Waals surface area (Å²) in [4.78, 5) is 14.8. The van der Waals surface area contributed by atoms with E-state index in [1.807, 2.05) is 11.0 Å². The van der Waals surface area contributed by atoms with E-state index in [-0.39, 0.29) is 28.9 Å². The summed E-state index contributed by atoms with van der Waals surface area (Å²) in [6, 6.07) is 2.12. The van der Waals surface area contributed by atoms with E-state index in [4.69, 9.17) is 0 Å². The molecule has 0 spiro atoms. The van der Waals surface area contributed by atoms with Crippen LogP contribution in [0.2, 0.25) is 0 Å². The number of likely N-dealkylation sites (tertiary alicyclic amines) is 1. The number of rotatable bonds is 1. The van der Waals surface area contributed by atoms with Crippen molar-refractivity contribution >= 4 is 5.91 Å². The Balaban J connectivity index is 1.80. The number of aromatic nitrogens is 2. The Hall–Kier alpha value is -1.36. The van der Waals surface area contributed by atoms with Crippen LogP contribution in [0.4, 0.5) is 0 Å². The molecule has 1 aromatic heterocycles. The molecule has 2 aliphatic rings. The lowest BCUT2D eigenvalue weighted by atomic mass is 9.71. The molecule has 2 heterocycles. The van der Waals surface area contributed by atoms with E-state index in [0.29, 0.717) is 5.69 Å². The Kier molecular flexibility index (Phi) is 3.59. The van der Waals surface area contributed by atoms with Crippen LogP contribution in [0.25, 0.3) is 0 Å². The quantitative estimate of drug-likeness (QED) is 0.837. The van der Waals surface area contributed by atoms with Crippen LogP contribution >= 0.6 is 0 Å². The van der Waals surface area contributed by atoms with Crippen LogP contribution in [-0.4, -0.2) is 44.8 Å². The van der Waals surface area contributed by atoms with E-state index in [1.54, 1.807) is 0 Å². The lowest BCUT2D eigenvalue weighted by molar-refractivity contribution is 0.0209. The van der Waals surface area contributed by atoms with Crippen LogP contribution in [0.15, 0.2) is 6.07 Å². The second-order valence-electron chi connectivity index (χ2n) is 8.27. The molecule has 2 fully saturated rings. The maximum Gasteiger partial charge on any atom is 0.274 e. The topological polar surface area (TPSA) is 69.2 Å². The largest absolute Gasteiger partial charge is 0.393 e. The van der Waals surface area contributed by atoms with Crippen LogP contribution in [-0.2, 0) is 5.41 Å². The van der Waals surface area contributed by atoms with Gasteiger partial charge in [-0.15, -0.1) is 0 Å². The summed E-state index contributed by atoms with van der Waals surface area (Å²) >= 11 is 0. The van der Waals surface area contributed by atoms with Crippen LogP contribution < -0.4 is 0 Å². The number of aromatic amines is 1. The predicted octanol–water partition coefficient (Wildman–Crippen LogP) is 2.47. The van der Waals surface area contributed by atoms with Crippen molar-refractivity contribution in [3.05, 3.63) is 17.5 Å². The van der Waals surface area contributed by atoms with Crippen LogP contribution in [0, 0.1) is 5.41 Å². The zero-order chi connectivity index (χ0) is 16.1. The lowest BCUT2D eigenvalue weighted by Crippen LogP contribution is -2.46. The molecular formula is C17H27N3O2. The smallest absolute Gasteiger partial charge is 0.274 e. The average Bonchev–Trinajstić information content (AvgIpc) is 3.00. The standard InChI is InChI=1S/C17H27N3O2/c1-16(2,3)13-9-12(18-19-13)15(22)20-8-7-17(4)10-11(21)5-6-14(17)20/h9,11,14,21H,5-8,10H2,1-4H3,(H,18,19)/t11-,14-,17+/m1/s1. The molecule has 5 heteroatoms. The van der Waals surface area contributed by atoms with Crippen molar-refractivity contribution in [3.8, 4) is 0 Å². The van der Waals surface area contributed by atoms with E-state index in [2.05, 4.69) is 37.9 Å². The molecule has 0 aromatic carbocycles. The first-order chi connectivity index (χ1) is 10.2. The predicted molar refractivity (Wildman–Crippen MR) is 84.7 cm³/mol. The zero-order valence-electron chi connectivity index (χ0n) is 14.0. The van der Waals surface area contributed by atoms with Crippen molar-refractivity contribution in [2.45, 2.75) is 70.9 Å². The number of carbonyl (C=O) groups excluding carboxylic acids is 1. The van der Waals surface area contributed by atoms with Gasteiger partial charge in [-0.25, -0.2) is 0 Å². The first kappa shape index (κ1) is 15.5. The highest BCUT2D eigenvalue weighted by molar-refractivity contribution is 5.93. The second kappa shape index (κ2) is 5.08. The zero-order valence-corrected chi connectivity index (χ0v) is 14.0. The van der Waals surface area contributed by atoms with Crippen molar-refractivity contribution in [2.75, 3.05) is 6.54 Å². The van der Waals surface area contributed by atoms with E-state index in [9.17, 15) is 9.90 Å². The molecule has 1 aromatic rings. The third kappa shape index (κ3) is 2.56. The molecule has 1 amide bonds. The molecule has 5 nitrogen and oxygen atoms in total. The Morgan fingerprint density at radius 1 is 1.45 bits per heavy atom. The molecule has 1 aliphatic heterocycles.